The first-order chi connectivity index (χ1) is 14.9. The number of hydrogen-bond acceptors (Lipinski definition) is 6. The van der Waals surface area contributed by atoms with Gasteiger partial charge in [0, 0.05) is 45.2 Å². The highest BCUT2D eigenvalue weighted by Gasteiger charge is 2.35. The average Bonchev–Trinajstić information content (AvgIpc) is 3.35. The molecule has 0 spiro atoms. The van der Waals surface area contributed by atoms with Gasteiger partial charge >= 0.3 is 0 Å². The molecule has 0 unspecified atom stereocenters. The first kappa shape index (κ1) is 21.8. The van der Waals surface area contributed by atoms with Crippen molar-refractivity contribution >= 4 is 33.2 Å². The van der Waals surface area contributed by atoms with Crippen LogP contribution in [0.3, 0.4) is 0 Å². The monoisotopic (exact) mass is 463 g/mol. The summed E-state index contributed by atoms with van der Waals surface area (Å²) in [5.74, 6) is -0.453. The van der Waals surface area contributed by atoms with Gasteiger partial charge in [0.2, 0.25) is 5.91 Å². The van der Waals surface area contributed by atoms with Crippen LogP contribution in [0.4, 0.5) is 0 Å². The summed E-state index contributed by atoms with van der Waals surface area (Å²) in [5, 5.41) is 11.6. The molecule has 3 heterocycles. The van der Waals surface area contributed by atoms with E-state index in [9.17, 15) is 23.1 Å². The summed E-state index contributed by atoms with van der Waals surface area (Å²) in [4.78, 5) is 29.0. The zero-order valence-electron chi connectivity index (χ0n) is 17.0. The molecule has 4 rings (SSSR count). The van der Waals surface area contributed by atoms with E-state index in [-0.39, 0.29) is 29.0 Å². The van der Waals surface area contributed by atoms with Crippen LogP contribution in [0.15, 0.2) is 46.0 Å². The molecule has 2 aliphatic rings. The summed E-state index contributed by atoms with van der Waals surface area (Å²) in [6, 6.07) is 9.77. The molecule has 31 heavy (non-hydrogen) atoms. The third-order valence-corrected chi connectivity index (χ3v) is 9.18. The number of sulfonamides is 1. The maximum atomic E-state index is 13.0. The minimum absolute atomic E-state index is 0.0304. The van der Waals surface area contributed by atoms with E-state index >= 15 is 0 Å². The topological polar surface area (TPSA) is 98.2 Å². The first-order valence-corrected chi connectivity index (χ1v) is 12.6. The minimum atomic E-state index is -3.48. The van der Waals surface area contributed by atoms with Gasteiger partial charge in [0.25, 0.3) is 15.9 Å². The Morgan fingerprint density at radius 2 is 1.55 bits per heavy atom. The summed E-state index contributed by atoms with van der Waals surface area (Å²) >= 11 is 1.20. The van der Waals surface area contributed by atoms with Crippen molar-refractivity contribution in [3.63, 3.8) is 0 Å². The molecule has 2 saturated heterocycles. The lowest BCUT2D eigenvalue weighted by atomic mass is 9.96. The van der Waals surface area contributed by atoms with Crippen molar-refractivity contribution in [3.05, 3.63) is 47.3 Å². The lowest BCUT2D eigenvalue weighted by Crippen LogP contribution is -2.53. The Hall–Kier alpha value is -2.43. The first-order valence-electron chi connectivity index (χ1n) is 10.3. The van der Waals surface area contributed by atoms with Gasteiger partial charge in [-0.2, -0.15) is 4.31 Å². The lowest BCUT2D eigenvalue weighted by Gasteiger charge is -2.38. The number of thiophene rings is 1. The highest BCUT2D eigenvalue weighted by Crippen LogP contribution is 2.27. The molecule has 0 atom stereocenters. The third kappa shape index (κ3) is 4.46. The number of hydrogen-bond donors (Lipinski definition) is 1. The fourth-order valence-corrected chi connectivity index (χ4v) is 6.71. The maximum Gasteiger partial charge on any atom is 0.257 e. The van der Waals surface area contributed by atoms with E-state index in [2.05, 4.69) is 0 Å². The molecule has 1 aromatic carbocycles. The summed E-state index contributed by atoms with van der Waals surface area (Å²) in [6.45, 7) is 2.36. The SMILES string of the molecule is O=C(c1ccccc1O)N1CCN(C(=O)C2CCN(S(=O)(=O)c3cccs3)CC2)CC1. The Bertz CT molecular complexity index is 1040. The van der Waals surface area contributed by atoms with Gasteiger partial charge in [-0.3, -0.25) is 9.59 Å². The molecule has 0 aliphatic carbocycles. The number of amides is 2. The summed E-state index contributed by atoms with van der Waals surface area (Å²) in [7, 11) is -3.48. The number of piperazine rings is 1. The lowest BCUT2D eigenvalue weighted by molar-refractivity contribution is -0.138. The van der Waals surface area contributed by atoms with Crippen LogP contribution in [0.2, 0.25) is 0 Å². The number of para-hydroxylation sites is 1. The number of aromatic hydroxyl groups is 1. The molecule has 1 N–H and O–H groups in total. The second kappa shape index (κ2) is 8.97. The van der Waals surface area contributed by atoms with Gasteiger partial charge in [-0.15, -0.1) is 11.3 Å². The highest BCUT2D eigenvalue weighted by molar-refractivity contribution is 7.91. The van der Waals surface area contributed by atoms with Crippen molar-refractivity contribution in [1.29, 1.82) is 0 Å². The largest absolute Gasteiger partial charge is 0.507 e. The third-order valence-electron chi connectivity index (χ3n) is 5.91. The van der Waals surface area contributed by atoms with Crippen LogP contribution in [0.25, 0.3) is 0 Å². The van der Waals surface area contributed by atoms with Crippen LogP contribution in [0.5, 0.6) is 5.75 Å². The molecule has 2 amide bonds. The van der Waals surface area contributed by atoms with E-state index in [4.69, 9.17) is 0 Å². The van der Waals surface area contributed by atoms with E-state index in [0.29, 0.717) is 56.3 Å². The fraction of sp³-hybridized carbons (Fsp3) is 0.429. The average molecular weight is 464 g/mol. The predicted octanol–water partition coefficient (Wildman–Crippen LogP) is 1.84. The van der Waals surface area contributed by atoms with Crippen molar-refractivity contribution in [3.8, 4) is 5.75 Å². The minimum Gasteiger partial charge on any atom is -0.507 e. The summed E-state index contributed by atoms with van der Waals surface area (Å²) in [5.41, 5.74) is 0.265. The number of carbonyl (C=O) groups is 2. The molecular formula is C21H25N3O5S2. The summed E-state index contributed by atoms with van der Waals surface area (Å²) < 4.78 is 27.1. The Balaban J connectivity index is 1.30. The molecule has 0 radical (unpaired) electrons. The molecule has 10 heteroatoms. The number of rotatable bonds is 4. The number of phenolic OH excluding ortho intramolecular Hbond substituents is 1. The smallest absolute Gasteiger partial charge is 0.257 e. The van der Waals surface area contributed by atoms with Crippen LogP contribution < -0.4 is 0 Å². The van der Waals surface area contributed by atoms with Crippen molar-refractivity contribution in [2.75, 3.05) is 39.3 Å². The van der Waals surface area contributed by atoms with Gasteiger partial charge in [0.15, 0.2) is 0 Å². The van der Waals surface area contributed by atoms with E-state index in [0.717, 1.165) is 0 Å². The van der Waals surface area contributed by atoms with Gasteiger partial charge in [-0.25, -0.2) is 8.42 Å². The van der Waals surface area contributed by atoms with Gasteiger partial charge in [-0.05, 0) is 36.4 Å². The van der Waals surface area contributed by atoms with Gasteiger partial charge in [-0.1, -0.05) is 18.2 Å². The molecule has 2 aromatic rings. The number of piperidine rings is 1. The second-order valence-electron chi connectivity index (χ2n) is 7.75. The molecular weight excluding hydrogens is 438 g/mol. The fourth-order valence-electron chi connectivity index (χ4n) is 4.09. The van der Waals surface area contributed by atoms with Crippen molar-refractivity contribution in [1.82, 2.24) is 14.1 Å². The van der Waals surface area contributed by atoms with Crippen LogP contribution in [-0.4, -0.2) is 78.7 Å². The van der Waals surface area contributed by atoms with Crippen molar-refractivity contribution < 1.29 is 23.1 Å². The van der Waals surface area contributed by atoms with Gasteiger partial charge < -0.3 is 14.9 Å². The zero-order valence-corrected chi connectivity index (χ0v) is 18.6. The van der Waals surface area contributed by atoms with Crippen LogP contribution in [0, 0.1) is 5.92 Å². The Morgan fingerprint density at radius 1 is 0.903 bits per heavy atom. The second-order valence-corrected chi connectivity index (χ2v) is 10.9. The van der Waals surface area contributed by atoms with Crippen molar-refractivity contribution in [2.45, 2.75) is 17.1 Å². The summed E-state index contributed by atoms with van der Waals surface area (Å²) in [6.07, 6.45) is 1.00. The standard InChI is InChI=1S/C21H25N3O5S2/c25-18-5-2-1-4-17(18)21(27)23-13-11-22(12-14-23)20(26)16-7-9-24(10-8-16)31(28,29)19-6-3-15-30-19/h1-6,15-16,25H,7-14H2. The Labute approximate surface area is 185 Å². The van der Waals surface area contributed by atoms with Gasteiger partial charge in [0.05, 0.1) is 5.56 Å². The number of carbonyl (C=O) groups excluding carboxylic acids is 2. The number of benzene rings is 1. The highest BCUT2D eigenvalue weighted by atomic mass is 32.2. The Kier molecular flexibility index (Phi) is 6.31. The van der Waals surface area contributed by atoms with E-state index < -0.39 is 10.0 Å². The van der Waals surface area contributed by atoms with E-state index in [1.807, 2.05) is 0 Å². The number of nitrogens with zero attached hydrogens (tertiary/aromatic N) is 3. The Morgan fingerprint density at radius 3 is 2.16 bits per heavy atom. The molecule has 1 aromatic heterocycles. The number of phenols is 1. The predicted molar refractivity (Wildman–Crippen MR) is 116 cm³/mol. The van der Waals surface area contributed by atoms with Crippen molar-refractivity contribution in [2.24, 2.45) is 5.92 Å². The molecule has 2 fully saturated rings. The van der Waals surface area contributed by atoms with Crippen LogP contribution >= 0.6 is 11.3 Å². The quantitative estimate of drug-likeness (QED) is 0.746. The zero-order chi connectivity index (χ0) is 22.0. The maximum absolute atomic E-state index is 13.0. The molecule has 0 saturated carbocycles. The molecule has 8 nitrogen and oxygen atoms in total. The van der Waals surface area contributed by atoms with Gasteiger partial charge in [0.1, 0.15) is 9.96 Å². The molecule has 2 aliphatic heterocycles. The van der Waals surface area contributed by atoms with E-state index in [1.165, 1.54) is 21.7 Å². The van der Waals surface area contributed by atoms with Crippen LogP contribution in [-0.2, 0) is 14.8 Å². The molecule has 166 valence electrons. The van der Waals surface area contributed by atoms with E-state index in [1.54, 1.807) is 45.5 Å². The molecule has 0 bridgehead atoms. The normalized spacial score (nSPS) is 18.8. The van der Waals surface area contributed by atoms with Crippen LogP contribution in [0.1, 0.15) is 23.2 Å².